The molecule has 3 rings (SSSR count). The van der Waals surface area contributed by atoms with Gasteiger partial charge in [0.25, 0.3) is 5.92 Å². The number of fused-ring (bicyclic) bond motifs is 1. The lowest BCUT2D eigenvalue weighted by molar-refractivity contribution is -0.118. The number of halogens is 2. The Bertz CT molecular complexity index is 565. The van der Waals surface area contributed by atoms with Crippen LogP contribution in [0.3, 0.4) is 0 Å². The molecular formula is C15H20F2N2O4. The Labute approximate surface area is 132 Å². The van der Waals surface area contributed by atoms with Crippen LogP contribution in [0.2, 0.25) is 0 Å². The van der Waals surface area contributed by atoms with Gasteiger partial charge in [0.2, 0.25) is 12.5 Å². The highest BCUT2D eigenvalue weighted by Gasteiger charge is 2.45. The lowest BCUT2D eigenvalue weighted by Crippen LogP contribution is -2.51. The molecular weight excluding hydrogens is 310 g/mol. The number of aliphatic hydroxyl groups excluding tert-OH is 1. The largest absolute Gasteiger partial charge is 0.493 e. The van der Waals surface area contributed by atoms with Crippen molar-refractivity contribution in [2.75, 3.05) is 46.7 Å². The predicted octanol–water partition coefficient (Wildman–Crippen LogP) is 0.998. The van der Waals surface area contributed by atoms with Gasteiger partial charge < -0.3 is 24.6 Å². The molecule has 1 saturated heterocycles. The van der Waals surface area contributed by atoms with Crippen LogP contribution in [-0.4, -0.2) is 62.6 Å². The van der Waals surface area contributed by atoms with Crippen molar-refractivity contribution in [3.05, 3.63) is 17.7 Å². The van der Waals surface area contributed by atoms with Gasteiger partial charge in [-0.2, -0.15) is 0 Å². The van der Waals surface area contributed by atoms with Crippen molar-refractivity contribution in [2.45, 2.75) is 12.0 Å². The van der Waals surface area contributed by atoms with Gasteiger partial charge in [0, 0.05) is 26.2 Å². The van der Waals surface area contributed by atoms with Gasteiger partial charge in [-0.1, -0.05) is 0 Å². The van der Waals surface area contributed by atoms with E-state index in [4.69, 9.17) is 14.2 Å². The first-order valence-electron chi connectivity index (χ1n) is 7.48. The van der Waals surface area contributed by atoms with Crippen LogP contribution in [0.25, 0.3) is 0 Å². The Morgan fingerprint density at radius 2 is 2.09 bits per heavy atom. The van der Waals surface area contributed by atoms with E-state index in [9.17, 15) is 13.9 Å². The lowest BCUT2D eigenvalue weighted by atomic mass is 9.97. The molecule has 0 unspecified atom stereocenters. The van der Waals surface area contributed by atoms with Crippen LogP contribution in [0.4, 0.5) is 8.78 Å². The average Bonchev–Trinajstić information content (AvgIpc) is 3.03. The van der Waals surface area contributed by atoms with E-state index in [1.54, 1.807) is 11.0 Å². The molecule has 2 heterocycles. The van der Waals surface area contributed by atoms with Crippen molar-refractivity contribution in [1.29, 1.82) is 0 Å². The normalized spacial score (nSPS) is 19.7. The molecule has 0 aromatic heterocycles. The number of alkyl halides is 2. The van der Waals surface area contributed by atoms with Crippen molar-refractivity contribution in [3.63, 3.8) is 0 Å². The molecule has 8 heteroatoms. The molecule has 2 aliphatic rings. The Hall–Kier alpha value is -1.64. The SMILES string of the molecule is COc1cc([C@H](N2CCNCC2)C(F)(F)CO)cc2c1OCO2. The summed E-state index contributed by atoms with van der Waals surface area (Å²) in [7, 11) is 1.45. The average molecular weight is 330 g/mol. The van der Waals surface area contributed by atoms with E-state index >= 15 is 0 Å². The zero-order valence-corrected chi connectivity index (χ0v) is 12.8. The highest BCUT2D eigenvalue weighted by atomic mass is 19.3. The Kier molecular flexibility index (Phi) is 4.56. The van der Waals surface area contributed by atoms with Crippen molar-refractivity contribution in [2.24, 2.45) is 0 Å². The summed E-state index contributed by atoms with van der Waals surface area (Å²) in [4.78, 5) is 1.67. The molecule has 2 N–H and O–H groups in total. The number of hydrogen-bond donors (Lipinski definition) is 2. The summed E-state index contributed by atoms with van der Waals surface area (Å²) >= 11 is 0. The van der Waals surface area contributed by atoms with E-state index in [2.05, 4.69) is 5.32 Å². The summed E-state index contributed by atoms with van der Waals surface area (Å²) in [5, 5.41) is 12.3. The smallest absolute Gasteiger partial charge is 0.289 e. The van der Waals surface area contributed by atoms with E-state index in [-0.39, 0.29) is 6.79 Å². The molecule has 0 bridgehead atoms. The van der Waals surface area contributed by atoms with Crippen LogP contribution < -0.4 is 19.5 Å². The van der Waals surface area contributed by atoms with Gasteiger partial charge >= 0.3 is 0 Å². The summed E-state index contributed by atoms with van der Waals surface area (Å²) in [5.74, 6) is -2.13. The molecule has 0 amide bonds. The fourth-order valence-corrected chi connectivity index (χ4v) is 3.06. The number of aliphatic hydroxyl groups is 1. The first kappa shape index (κ1) is 16.2. The second-order valence-electron chi connectivity index (χ2n) is 5.56. The minimum absolute atomic E-state index is 0.0316. The summed E-state index contributed by atoms with van der Waals surface area (Å²) in [6.07, 6.45) is 0. The second-order valence-corrected chi connectivity index (χ2v) is 5.56. The topological polar surface area (TPSA) is 63.2 Å². The molecule has 0 saturated carbocycles. The number of rotatable bonds is 5. The molecule has 1 atom stereocenters. The molecule has 0 spiro atoms. The van der Waals surface area contributed by atoms with Gasteiger partial charge in [-0.3, -0.25) is 4.90 Å². The van der Waals surface area contributed by atoms with Gasteiger partial charge in [-0.05, 0) is 17.7 Å². The first-order valence-corrected chi connectivity index (χ1v) is 7.48. The molecule has 128 valence electrons. The zero-order chi connectivity index (χ0) is 16.4. The molecule has 1 aromatic rings. The third-order valence-corrected chi connectivity index (χ3v) is 4.12. The van der Waals surface area contributed by atoms with Crippen LogP contribution >= 0.6 is 0 Å². The molecule has 6 nitrogen and oxygen atoms in total. The van der Waals surface area contributed by atoms with E-state index < -0.39 is 18.6 Å². The number of nitrogens with one attached hydrogen (secondary N) is 1. The van der Waals surface area contributed by atoms with E-state index in [1.807, 2.05) is 0 Å². The van der Waals surface area contributed by atoms with E-state index in [0.29, 0.717) is 49.0 Å². The standard InChI is InChI=1S/C15H20F2N2O4/c1-21-11-6-10(7-12-13(11)23-9-22-12)14(15(16,17)8-20)19-4-2-18-3-5-19/h6-7,14,18,20H,2-5,8-9H2,1H3/t14-/m0/s1. The first-order chi connectivity index (χ1) is 11.1. The molecule has 1 fully saturated rings. The van der Waals surface area contributed by atoms with Crippen molar-refractivity contribution in [3.8, 4) is 17.2 Å². The predicted molar refractivity (Wildman–Crippen MR) is 78.3 cm³/mol. The maximum Gasteiger partial charge on any atom is 0.289 e. The summed E-state index contributed by atoms with van der Waals surface area (Å²) in [6.45, 7) is 0.996. The Morgan fingerprint density at radius 3 is 2.74 bits per heavy atom. The third kappa shape index (κ3) is 3.06. The second kappa shape index (κ2) is 6.46. The van der Waals surface area contributed by atoms with Crippen LogP contribution in [0.1, 0.15) is 11.6 Å². The monoisotopic (exact) mass is 330 g/mol. The van der Waals surface area contributed by atoms with Crippen LogP contribution in [0, 0.1) is 0 Å². The molecule has 0 radical (unpaired) electrons. The van der Waals surface area contributed by atoms with Crippen molar-refractivity contribution < 1.29 is 28.1 Å². The Balaban J connectivity index is 2.02. The van der Waals surface area contributed by atoms with E-state index in [0.717, 1.165) is 0 Å². The number of ether oxygens (including phenoxy) is 3. The van der Waals surface area contributed by atoms with Crippen LogP contribution in [0.5, 0.6) is 17.2 Å². The van der Waals surface area contributed by atoms with E-state index in [1.165, 1.54) is 13.2 Å². The summed E-state index contributed by atoms with van der Waals surface area (Å²) < 4.78 is 44.8. The van der Waals surface area contributed by atoms with Gasteiger partial charge in [-0.25, -0.2) is 8.78 Å². The lowest BCUT2D eigenvalue weighted by Gasteiger charge is -2.38. The highest BCUT2D eigenvalue weighted by molar-refractivity contribution is 5.55. The molecule has 23 heavy (non-hydrogen) atoms. The van der Waals surface area contributed by atoms with Gasteiger partial charge in [0.05, 0.1) is 7.11 Å². The Morgan fingerprint density at radius 1 is 1.35 bits per heavy atom. The van der Waals surface area contributed by atoms with Crippen molar-refractivity contribution >= 4 is 0 Å². The fraction of sp³-hybridized carbons (Fsp3) is 0.600. The molecule has 1 aromatic carbocycles. The van der Waals surface area contributed by atoms with Gasteiger partial charge in [-0.15, -0.1) is 0 Å². The highest BCUT2D eigenvalue weighted by Crippen LogP contribution is 2.46. The number of benzene rings is 1. The van der Waals surface area contributed by atoms with Gasteiger partial charge in [0.15, 0.2) is 11.5 Å². The summed E-state index contributed by atoms with van der Waals surface area (Å²) in [6, 6.07) is 1.82. The van der Waals surface area contributed by atoms with Crippen LogP contribution in [0.15, 0.2) is 12.1 Å². The van der Waals surface area contributed by atoms with Crippen LogP contribution in [-0.2, 0) is 0 Å². The number of nitrogens with zero attached hydrogens (tertiary/aromatic N) is 1. The quantitative estimate of drug-likeness (QED) is 0.840. The van der Waals surface area contributed by atoms with Crippen molar-refractivity contribution in [1.82, 2.24) is 10.2 Å². The summed E-state index contributed by atoms with van der Waals surface area (Å²) in [5.41, 5.74) is 0.340. The maximum absolute atomic E-state index is 14.5. The van der Waals surface area contributed by atoms with Gasteiger partial charge in [0.1, 0.15) is 12.6 Å². The maximum atomic E-state index is 14.5. The number of methoxy groups -OCH3 is 1. The number of piperazine rings is 1. The molecule has 2 aliphatic heterocycles. The minimum atomic E-state index is -3.28. The molecule has 0 aliphatic carbocycles. The number of hydrogen-bond acceptors (Lipinski definition) is 6. The zero-order valence-electron chi connectivity index (χ0n) is 12.8. The third-order valence-electron chi connectivity index (χ3n) is 4.12. The fourth-order valence-electron chi connectivity index (χ4n) is 3.06. The minimum Gasteiger partial charge on any atom is -0.493 e.